The molecule has 0 radical (unpaired) electrons. The van der Waals surface area contributed by atoms with Crippen LogP contribution in [-0.4, -0.2) is 40.4 Å². The lowest BCUT2D eigenvalue weighted by atomic mass is 10.0. The van der Waals surface area contributed by atoms with Crippen LogP contribution in [0.4, 0.5) is 5.69 Å². The first-order chi connectivity index (χ1) is 19.3. The number of ether oxygens (including phenoxy) is 1. The normalized spacial score (nSPS) is 17.4. The van der Waals surface area contributed by atoms with Gasteiger partial charge in [-0.1, -0.05) is 60.7 Å². The monoisotopic (exact) mass is 530 g/mol. The summed E-state index contributed by atoms with van der Waals surface area (Å²) in [6, 6.07) is 27.4. The molecule has 8 nitrogen and oxygen atoms in total. The van der Waals surface area contributed by atoms with Gasteiger partial charge in [0.05, 0.1) is 22.9 Å². The van der Waals surface area contributed by atoms with E-state index >= 15 is 0 Å². The predicted molar refractivity (Wildman–Crippen MR) is 145 cm³/mol. The van der Waals surface area contributed by atoms with Crippen LogP contribution in [0.2, 0.25) is 0 Å². The smallest absolute Gasteiger partial charge is 0.308 e. The Balaban J connectivity index is 1.29. The van der Waals surface area contributed by atoms with Crippen molar-refractivity contribution in [3.05, 3.63) is 131 Å². The summed E-state index contributed by atoms with van der Waals surface area (Å²) in [6.07, 6.45) is 0. The molecule has 1 saturated heterocycles. The lowest BCUT2D eigenvalue weighted by Crippen LogP contribution is -2.29. The first-order valence-corrected chi connectivity index (χ1v) is 12.6. The van der Waals surface area contributed by atoms with Crippen LogP contribution in [0.5, 0.6) is 5.75 Å². The predicted octanol–water partition coefficient (Wildman–Crippen LogP) is 4.86. The molecule has 4 aromatic carbocycles. The molecule has 2 aliphatic heterocycles. The molecule has 0 aromatic heterocycles. The Morgan fingerprint density at radius 1 is 0.700 bits per heavy atom. The number of hydrogen-bond acceptors (Lipinski definition) is 6. The number of ketones is 1. The minimum atomic E-state index is -0.685. The maximum absolute atomic E-state index is 13.7. The number of anilines is 1. The Kier molecular flexibility index (Phi) is 6.07. The second-order valence-corrected chi connectivity index (χ2v) is 9.54. The van der Waals surface area contributed by atoms with E-state index in [0.717, 1.165) is 10.5 Å². The Morgan fingerprint density at radius 3 is 1.98 bits per heavy atom. The molecule has 2 atom stereocenters. The van der Waals surface area contributed by atoms with Gasteiger partial charge >= 0.3 is 5.97 Å². The van der Waals surface area contributed by atoms with E-state index in [2.05, 4.69) is 0 Å². The summed E-state index contributed by atoms with van der Waals surface area (Å²) in [5.74, 6) is -1.87. The highest BCUT2D eigenvalue weighted by Gasteiger charge is 2.56. The Bertz CT molecular complexity index is 1680. The number of Topliss-reactive ketones (excluding diaryl/α,β-unsaturated/α-hetero) is 1. The third-order valence-corrected chi connectivity index (χ3v) is 7.00. The van der Waals surface area contributed by atoms with Crippen molar-refractivity contribution in [3.8, 4) is 5.75 Å². The summed E-state index contributed by atoms with van der Waals surface area (Å²) in [5, 5.41) is 0. The van der Waals surface area contributed by atoms with Crippen molar-refractivity contribution in [2.75, 3.05) is 4.90 Å². The van der Waals surface area contributed by atoms with Gasteiger partial charge in [0.2, 0.25) is 0 Å². The molecular formula is C32H22N2O6. The van der Waals surface area contributed by atoms with Crippen molar-refractivity contribution >= 4 is 35.2 Å². The van der Waals surface area contributed by atoms with E-state index in [1.807, 2.05) is 36.4 Å². The first kappa shape index (κ1) is 24.9. The maximum atomic E-state index is 13.7. The van der Waals surface area contributed by atoms with E-state index in [0.29, 0.717) is 11.3 Å². The fourth-order valence-electron chi connectivity index (χ4n) is 5.11. The standard InChI is InChI=1S/C32H22N2O6/c1-19(35)40-24-15-13-23(14-16-24)33-31(38)25-17-12-22(18-26(25)32(33)39)30(37)34-27(20-8-4-2-5-9-20)28(34)29(36)21-10-6-3-7-11-21/h2-18,27-28H,1H3/t27-,28+,34?/m0/s1. The minimum Gasteiger partial charge on any atom is -0.427 e. The van der Waals surface area contributed by atoms with Crippen LogP contribution in [0.3, 0.4) is 0 Å². The number of benzene rings is 4. The highest BCUT2D eigenvalue weighted by molar-refractivity contribution is 6.34. The lowest BCUT2D eigenvalue weighted by molar-refractivity contribution is -0.131. The number of carbonyl (C=O) groups excluding carboxylic acids is 5. The zero-order chi connectivity index (χ0) is 28.0. The van der Waals surface area contributed by atoms with E-state index in [4.69, 9.17) is 4.74 Å². The van der Waals surface area contributed by atoms with Crippen molar-refractivity contribution in [3.63, 3.8) is 0 Å². The Morgan fingerprint density at radius 2 is 1.32 bits per heavy atom. The van der Waals surface area contributed by atoms with Gasteiger partial charge in [-0.15, -0.1) is 0 Å². The van der Waals surface area contributed by atoms with Gasteiger partial charge in [-0.2, -0.15) is 0 Å². The van der Waals surface area contributed by atoms with E-state index in [9.17, 15) is 24.0 Å². The summed E-state index contributed by atoms with van der Waals surface area (Å²) in [6.45, 7) is 1.27. The van der Waals surface area contributed by atoms with Crippen molar-refractivity contribution in [2.45, 2.75) is 19.0 Å². The van der Waals surface area contributed by atoms with E-state index in [1.54, 1.807) is 24.3 Å². The second-order valence-electron chi connectivity index (χ2n) is 9.54. The zero-order valence-electron chi connectivity index (χ0n) is 21.3. The number of nitrogens with zero attached hydrogens (tertiary/aromatic N) is 2. The van der Waals surface area contributed by atoms with Crippen LogP contribution in [-0.2, 0) is 4.79 Å². The summed E-state index contributed by atoms with van der Waals surface area (Å²) in [4.78, 5) is 67.2. The topological polar surface area (TPSA) is 101 Å². The average Bonchev–Trinajstić information content (AvgIpc) is 3.67. The number of rotatable bonds is 6. The molecule has 0 spiro atoms. The molecule has 40 heavy (non-hydrogen) atoms. The number of imide groups is 1. The number of hydrogen-bond donors (Lipinski definition) is 0. The largest absolute Gasteiger partial charge is 0.427 e. The Hall–Kier alpha value is -5.37. The van der Waals surface area contributed by atoms with Gasteiger partial charge < -0.3 is 9.64 Å². The van der Waals surface area contributed by atoms with Crippen molar-refractivity contribution in [2.24, 2.45) is 0 Å². The van der Waals surface area contributed by atoms with Gasteiger partial charge in [0.25, 0.3) is 17.7 Å². The van der Waals surface area contributed by atoms with E-state index in [1.165, 1.54) is 54.3 Å². The SMILES string of the molecule is CC(=O)Oc1ccc(N2C(=O)c3ccc(C(=O)N4[C@@H](C(=O)c5ccccc5)[C@@H]4c4ccccc4)cc3C2=O)cc1. The molecular weight excluding hydrogens is 508 g/mol. The minimum absolute atomic E-state index is 0.101. The molecule has 1 fully saturated rings. The molecule has 2 heterocycles. The summed E-state index contributed by atoms with van der Waals surface area (Å²) < 4.78 is 5.02. The molecule has 0 saturated carbocycles. The first-order valence-electron chi connectivity index (χ1n) is 12.6. The summed E-state index contributed by atoms with van der Waals surface area (Å²) >= 11 is 0. The molecule has 0 bridgehead atoms. The van der Waals surface area contributed by atoms with Crippen LogP contribution in [0, 0.1) is 0 Å². The van der Waals surface area contributed by atoms with Gasteiger partial charge in [0.1, 0.15) is 11.8 Å². The molecule has 3 amide bonds. The van der Waals surface area contributed by atoms with Crippen LogP contribution < -0.4 is 9.64 Å². The van der Waals surface area contributed by atoms with Crippen molar-refractivity contribution in [1.82, 2.24) is 4.90 Å². The fourth-order valence-corrected chi connectivity index (χ4v) is 5.11. The van der Waals surface area contributed by atoms with Crippen molar-refractivity contribution in [1.29, 1.82) is 0 Å². The number of carbonyl (C=O) groups is 5. The third-order valence-electron chi connectivity index (χ3n) is 7.00. The molecule has 8 heteroatoms. The number of fused-ring (bicyclic) bond motifs is 1. The zero-order valence-corrected chi connectivity index (χ0v) is 21.3. The van der Waals surface area contributed by atoms with E-state index in [-0.39, 0.29) is 28.2 Å². The van der Waals surface area contributed by atoms with Gasteiger partial charge in [-0.05, 0) is 48.0 Å². The molecule has 0 N–H and O–H groups in total. The van der Waals surface area contributed by atoms with Crippen molar-refractivity contribution < 1.29 is 28.7 Å². The second kappa shape index (κ2) is 9.74. The highest BCUT2D eigenvalue weighted by Crippen LogP contribution is 2.46. The van der Waals surface area contributed by atoms with Gasteiger partial charge in [0, 0.05) is 18.1 Å². The molecule has 2 aliphatic rings. The van der Waals surface area contributed by atoms with Crippen LogP contribution >= 0.6 is 0 Å². The highest BCUT2D eigenvalue weighted by atomic mass is 16.5. The van der Waals surface area contributed by atoms with Gasteiger partial charge in [-0.25, -0.2) is 4.90 Å². The third kappa shape index (κ3) is 4.25. The van der Waals surface area contributed by atoms with Crippen LogP contribution in [0.1, 0.15) is 60.0 Å². The lowest BCUT2D eigenvalue weighted by Gasteiger charge is -2.14. The van der Waals surface area contributed by atoms with Crippen LogP contribution in [0.15, 0.2) is 103 Å². The number of amides is 3. The molecule has 0 unspecified atom stereocenters. The summed E-state index contributed by atoms with van der Waals surface area (Å²) in [5.41, 5.74) is 2.13. The van der Waals surface area contributed by atoms with Crippen LogP contribution in [0.25, 0.3) is 0 Å². The molecule has 196 valence electrons. The maximum Gasteiger partial charge on any atom is 0.308 e. The fraction of sp³-hybridized carbons (Fsp3) is 0.0938. The average molecular weight is 531 g/mol. The molecule has 6 rings (SSSR count). The molecule has 4 aromatic rings. The Labute approximate surface area is 229 Å². The van der Waals surface area contributed by atoms with Gasteiger partial charge in [0.15, 0.2) is 5.78 Å². The van der Waals surface area contributed by atoms with E-state index < -0.39 is 35.8 Å². The molecule has 0 aliphatic carbocycles. The summed E-state index contributed by atoms with van der Waals surface area (Å²) in [7, 11) is 0. The number of esters is 1. The van der Waals surface area contributed by atoms with Gasteiger partial charge in [-0.3, -0.25) is 24.0 Å². The quantitative estimate of drug-likeness (QED) is 0.116.